The summed E-state index contributed by atoms with van der Waals surface area (Å²) >= 11 is 0. The summed E-state index contributed by atoms with van der Waals surface area (Å²) in [6, 6.07) is 8.86. The van der Waals surface area contributed by atoms with Gasteiger partial charge in [0.1, 0.15) is 11.5 Å². The zero-order chi connectivity index (χ0) is 16.1. The highest BCUT2D eigenvalue weighted by molar-refractivity contribution is 6.04. The van der Waals surface area contributed by atoms with Gasteiger partial charge in [0, 0.05) is 6.20 Å². The van der Waals surface area contributed by atoms with Crippen LogP contribution in [0.3, 0.4) is 0 Å². The van der Waals surface area contributed by atoms with Crippen molar-refractivity contribution in [3.05, 3.63) is 63.2 Å². The fraction of sp³-hybridized carbons (Fsp3) is 0. The van der Waals surface area contributed by atoms with Crippen LogP contribution in [0.2, 0.25) is 0 Å². The average molecular weight is 309 g/mol. The van der Waals surface area contributed by atoms with Crippen molar-refractivity contribution in [2.24, 2.45) is 0 Å². The Morgan fingerprint density at radius 1 is 0.913 bits per heavy atom. The highest BCUT2D eigenvalue weighted by Gasteiger charge is 2.14. The molecule has 23 heavy (non-hydrogen) atoms. The number of nitrogens with zero attached hydrogens (tertiary/aromatic N) is 1. The van der Waals surface area contributed by atoms with Crippen LogP contribution in [0.4, 0.5) is 0 Å². The highest BCUT2D eigenvalue weighted by Crippen LogP contribution is 2.24. The lowest BCUT2D eigenvalue weighted by atomic mass is 10.1. The van der Waals surface area contributed by atoms with Gasteiger partial charge in [0.25, 0.3) is 5.56 Å². The third-order valence-electron chi connectivity index (χ3n) is 3.77. The van der Waals surface area contributed by atoms with E-state index in [2.05, 4.69) is 10.1 Å². The number of hydrogen-bond donors (Lipinski definition) is 4. The first kappa shape index (κ1) is 13.2. The number of aromatic hydroxyl groups is 2. The molecule has 0 aliphatic rings. The third kappa shape index (κ3) is 1.90. The van der Waals surface area contributed by atoms with Gasteiger partial charge in [-0.1, -0.05) is 0 Å². The van der Waals surface area contributed by atoms with E-state index >= 15 is 0 Å². The summed E-state index contributed by atoms with van der Waals surface area (Å²) in [5, 5.41) is 22.7. The molecule has 2 aromatic heterocycles. The number of H-pyrrole nitrogens is 2. The number of aromatic nitrogens is 3. The monoisotopic (exact) mass is 309 g/mol. The minimum absolute atomic E-state index is 0.106. The summed E-state index contributed by atoms with van der Waals surface area (Å²) in [7, 11) is 0. The minimum Gasteiger partial charge on any atom is -0.508 e. The molecular formula is C16H11N3O4. The molecule has 2 aromatic carbocycles. The van der Waals surface area contributed by atoms with Crippen molar-refractivity contribution in [2.45, 2.75) is 0 Å². The van der Waals surface area contributed by atoms with Gasteiger partial charge < -0.3 is 15.2 Å². The van der Waals surface area contributed by atoms with Crippen molar-refractivity contribution in [2.75, 3.05) is 0 Å². The van der Waals surface area contributed by atoms with Crippen molar-refractivity contribution in [1.29, 1.82) is 0 Å². The molecule has 0 aliphatic carbocycles. The van der Waals surface area contributed by atoms with Gasteiger partial charge in [-0.2, -0.15) is 0 Å². The van der Waals surface area contributed by atoms with Crippen LogP contribution < -0.4 is 11.0 Å². The second kappa shape index (κ2) is 4.51. The molecule has 0 amide bonds. The molecule has 4 N–H and O–H groups in total. The summed E-state index contributed by atoms with van der Waals surface area (Å²) in [6.07, 6.45) is 1.56. The quantitative estimate of drug-likeness (QED) is 0.427. The number of fused-ring (bicyclic) bond motifs is 3. The van der Waals surface area contributed by atoms with Crippen LogP contribution >= 0.6 is 0 Å². The van der Waals surface area contributed by atoms with Crippen molar-refractivity contribution in [3.63, 3.8) is 0 Å². The lowest BCUT2D eigenvalue weighted by Crippen LogP contribution is -2.10. The maximum atomic E-state index is 12.2. The van der Waals surface area contributed by atoms with Gasteiger partial charge in [-0.25, -0.2) is 0 Å². The number of phenolic OH excluding ortho intramolecular Hbond substituents is 2. The van der Waals surface area contributed by atoms with Gasteiger partial charge in [0.05, 0.1) is 27.5 Å². The molecule has 0 saturated carbocycles. The topological polar surface area (TPSA) is 111 Å². The lowest BCUT2D eigenvalue weighted by Gasteiger charge is -2.02. The van der Waals surface area contributed by atoms with Gasteiger partial charge >= 0.3 is 0 Å². The first-order chi connectivity index (χ1) is 11.0. The Morgan fingerprint density at radius 2 is 1.65 bits per heavy atom. The first-order valence-corrected chi connectivity index (χ1v) is 6.83. The molecule has 0 spiro atoms. The fourth-order valence-corrected chi connectivity index (χ4v) is 2.65. The summed E-state index contributed by atoms with van der Waals surface area (Å²) in [5.41, 5.74) is 0.410. The molecule has 0 bridgehead atoms. The molecule has 0 fully saturated rings. The summed E-state index contributed by atoms with van der Waals surface area (Å²) < 4.78 is 1.57. The molecule has 7 nitrogen and oxygen atoms in total. The molecule has 114 valence electrons. The zero-order valence-corrected chi connectivity index (χ0v) is 11.7. The number of pyridine rings is 1. The Hall–Kier alpha value is -3.48. The van der Waals surface area contributed by atoms with E-state index in [9.17, 15) is 19.8 Å². The summed E-state index contributed by atoms with van der Waals surface area (Å²) in [5.74, 6) is -0.0371. The normalized spacial score (nSPS) is 11.3. The highest BCUT2D eigenvalue weighted by atomic mass is 16.3. The Labute approximate surface area is 128 Å². The number of aromatic amines is 2. The van der Waals surface area contributed by atoms with E-state index in [-0.39, 0.29) is 27.8 Å². The SMILES string of the molecule is O=c1[nH]c2c(O)ccc(=O)c2c2[nH]n(-c3ccc(O)cc3)cc12. The van der Waals surface area contributed by atoms with Gasteiger partial charge in [0.15, 0.2) is 5.43 Å². The zero-order valence-electron chi connectivity index (χ0n) is 11.7. The number of rotatable bonds is 1. The van der Waals surface area contributed by atoms with Crippen molar-refractivity contribution in [3.8, 4) is 17.2 Å². The van der Waals surface area contributed by atoms with Crippen molar-refractivity contribution < 1.29 is 10.2 Å². The minimum atomic E-state index is -0.415. The summed E-state index contributed by atoms with van der Waals surface area (Å²) in [6.45, 7) is 0. The van der Waals surface area contributed by atoms with Crippen LogP contribution in [-0.4, -0.2) is 25.0 Å². The van der Waals surface area contributed by atoms with E-state index in [1.54, 1.807) is 23.0 Å². The summed E-state index contributed by atoms with van der Waals surface area (Å²) in [4.78, 5) is 26.9. The van der Waals surface area contributed by atoms with Crippen LogP contribution in [0.15, 0.2) is 52.2 Å². The molecule has 4 rings (SSSR count). The van der Waals surface area contributed by atoms with E-state index in [0.717, 1.165) is 0 Å². The molecule has 0 atom stereocenters. The Kier molecular flexibility index (Phi) is 2.59. The predicted octanol–water partition coefficient (Wildman–Crippen LogP) is 1.57. The lowest BCUT2D eigenvalue weighted by molar-refractivity contribution is 0.475. The Bertz CT molecular complexity index is 1170. The number of hydrogen-bond acceptors (Lipinski definition) is 4. The number of nitrogens with one attached hydrogen (secondary N) is 2. The standard InChI is InChI=1S/C16H11N3O4/c20-9-3-1-8(2-4-9)19-7-10-14(18-19)13-11(21)5-6-12(22)15(13)17-16(10)23/h1-7,18,20,22H,(H,17,23). The van der Waals surface area contributed by atoms with E-state index in [0.29, 0.717) is 16.6 Å². The third-order valence-corrected chi connectivity index (χ3v) is 3.77. The van der Waals surface area contributed by atoms with E-state index in [1.807, 2.05) is 0 Å². The predicted molar refractivity (Wildman–Crippen MR) is 85.4 cm³/mol. The van der Waals surface area contributed by atoms with E-state index < -0.39 is 5.56 Å². The molecule has 4 aromatic rings. The second-order valence-electron chi connectivity index (χ2n) is 5.20. The molecule has 0 aliphatic heterocycles. The Balaban J connectivity index is 2.13. The molecule has 0 saturated heterocycles. The molecule has 2 heterocycles. The maximum absolute atomic E-state index is 12.2. The van der Waals surface area contributed by atoms with Crippen LogP contribution in [0, 0.1) is 0 Å². The number of benzene rings is 2. The van der Waals surface area contributed by atoms with Crippen LogP contribution in [0.5, 0.6) is 11.5 Å². The smallest absolute Gasteiger partial charge is 0.259 e. The largest absolute Gasteiger partial charge is 0.508 e. The second-order valence-corrected chi connectivity index (χ2v) is 5.20. The van der Waals surface area contributed by atoms with Crippen LogP contribution in [0.25, 0.3) is 27.5 Å². The van der Waals surface area contributed by atoms with Gasteiger partial charge in [-0.3, -0.25) is 19.4 Å². The molecule has 7 heteroatoms. The maximum Gasteiger partial charge on any atom is 0.259 e. The average Bonchev–Trinajstić information content (AvgIpc) is 2.97. The van der Waals surface area contributed by atoms with E-state index in [4.69, 9.17) is 0 Å². The van der Waals surface area contributed by atoms with Crippen LogP contribution in [0.1, 0.15) is 0 Å². The number of phenols is 2. The van der Waals surface area contributed by atoms with Crippen molar-refractivity contribution >= 4 is 21.8 Å². The first-order valence-electron chi connectivity index (χ1n) is 6.83. The molecule has 0 radical (unpaired) electrons. The molecular weight excluding hydrogens is 298 g/mol. The van der Waals surface area contributed by atoms with Crippen molar-refractivity contribution in [1.82, 2.24) is 14.8 Å². The van der Waals surface area contributed by atoms with E-state index in [1.165, 1.54) is 24.3 Å². The Morgan fingerprint density at radius 3 is 2.39 bits per heavy atom. The van der Waals surface area contributed by atoms with Crippen LogP contribution in [-0.2, 0) is 0 Å². The van der Waals surface area contributed by atoms with Gasteiger partial charge in [-0.05, 0) is 36.4 Å². The van der Waals surface area contributed by atoms with Gasteiger partial charge in [-0.15, -0.1) is 0 Å². The fourth-order valence-electron chi connectivity index (χ4n) is 2.65. The molecule has 0 unspecified atom stereocenters. The van der Waals surface area contributed by atoms with Gasteiger partial charge in [0.2, 0.25) is 0 Å².